The highest BCUT2D eigenvalue weighted by Crippen LogP contribution is 2.19. The van der Waals surface area contributed by atoms with Crippen molar-refractivity contribution in [3.8, 4) is 0 Å². The van der Waals surface area contributed by atoms with Crippen LogP contribution in [0.5, 0.6) is 0 Å². The largest absolute Gasteiger partial charge is 0.335 e. The van der Waals surface area contributed by atoms with Crippen molar-refractivity contribution in [3.05, 3.63) is 0 Å². The average molecular weight is 197 g/mol. The van der Waals surface area contributed by atoms with Crippen LogP contribution in [0.15, 0.2) is 0 Å². The highest BCUT2D eigenvalue weighted by atomic mass is 16.2. The molecule has 0 bridgehead atoms. The van der Waals surface area contributed by atoms with E-state index >= 15 is 0 Å². The molecule has 2 fully saturated rings. The third-order valence-corrected chi connectivity index (χ3v) is 2.83. The normalized spacial score (nSPS) is 21.5. The summed E-state index contributed by atoms with van der Waals surface area (Å²) in [6, 6.07) is 1.03. The van der Waals surface area contributed by atoms with Crippen LogP contribution in [0.2, 0.25) is 0 Å². The lowest BCUT2D eigenvalue weighted by Gasteiger charge is -2.38. The second-order valence-electron chi connectivity index (χ2n) is 4.23. The maximum atomic E-state index is 11.8. The number of carbonyl (C=O) groups is 1. The van der Waals surface area contributed by atoms with Gasteiger partial charge in [0, 0.05) is 25.7 Å². The van der Waals surface area contributed by atoms with Gasteiger partial charge in [-0.25, -0.2) is 4.79 Å². The molecule has 2 rings (SSSR count). The van der Waals surface area contributed by atoms with E-state index in [1.165, 1.54) is 0 Å². The molecule has 2 amide bonds. The zero-order chi connectivity index (χ0) is 9.97. The summed E-state index contributed by atoms with van der Waals surface area (Å²) in [6.07, 6.45) is 3.36. The average Bonchev–Trinajstić information content (AvgIpc) is 2.84. The van der Waals surface area contributed by atoms with Crippen LogP contribution in [0.1, 0.15) is 26.2 Å². The molecule has 4 heteroatoms. The van der Waals surface area contributed by atoms with Crippen LogP contribution in [0.3, 0.4) is 0 Å². The Morgan fingerprint density at radius 2 is 2.21 bits per heavy atom. The minimum Gasteiger partial charge on any atom is -0.335 e. The molecule has 0 unspecified atom stereocenters. The molecule has 0 radical (unpaired) electrons. The number of urea groups is 1. The summed E-state index contributed by atoms with van der Waals surface area (Å²) in [5, 5.41) is 6.25. The zero-order valence-electron chi connectivity index (χ0n) is 8.75. The Labute approximate surface area is 85.0 Å². The van der Waals surface area contributed by atoms with Gasteiger partial charge in [0.2, 0.25) is 0 Å². The first-order valence-corrected chi connectivity index (χ1v) is 5.59. The summed E-state index contributed by atoms with van der Waals surface area (Å²) in [7, 11) is 0. The van der Waals surface area contributed by atoms with E-state index in [2.05, 4.69) is 17.6 Å². The van der Waals surface area contributed by atoms with E-state index < -0.39 is 0 Å². The Balaban J connectivity index is 1.83. The fourth-order valence-corrected chi connectivity index (χ4v) is 1.67. The number of hydrogen-bond acceptors (Lipinski definition) is 2. The number of nitrogens with zero attached hydrogens (tertiary/aromatic N) is 1. The minimum absolute atomic E-state index is 0.140. The first-order valence-electron chi connectivity index (χ1n) is 5.59. The highest BCUT2D eigenvalue weighted by Gasteiger charge is 2.31. The van der Waals surface area contributed by atoms with Gasteiger partial charge in [-0.15, -0.1) is 0 Å². The first-order chi connectivity index (χ1) is 6.81. The second-order valence-corrected chi connectivity index (χ2v) is 4.23. The van der Waals surface area contributed by atoms with Crippen LogP contribution < -0.4 is 10.6 Å². The van der Waals surface area contributed by atoms with Gasteiger partial charge in [0.15, 0.2) is 0 Å². The molecule has 2 N–H and O–H groups in total. The maximum absolute atomic E-state index is 11.8. The van der Waals surface area contributed by atoms with Gasteiger partial charge in [0.25, 0.3) is 0 Å². The van der Waals surface area contributed by atoms with E-state index in [-0.39, 0.29) is 6.03 Å². The Morgan fingerprint density at radius 1 is 1.50 bits per heavy atom. The monoisotopic (exact) mass is 197 g/mol. The van der Waals surface area contributed by atoms with Crippen molar-refractivity contribution in [1.82, 2.24) is 15.5 Å². The van der Waals surface area contributed by atoms with Crippen molar-refractivity contribution in [2.45, 2.75) is 38.3 Å². The summed E-state index contributed by atoms with van der Waals surface area (Å²) in [5.74, 6) is 0. The van der Waals surface area contributed by atoms with E-state index in [1.807, 2.05) is 4.90 Å². The predicted octanol–water partition coefficient (Wildman–Crippen LogP) is 0.542. The zero-order valence-corrected chi connectivity index (χ0v) is 8.75. The number of amides is 2. The van der Waals surface area contributed by atoms with Crippen molar-refractivity contribution < 1.29 is 4.79 Å². The van der Waals surface area contributed by atoms with E-state index in [9.17, 15) is 4.79 Å². The number of rotatable bonds is 4. The summed E-state index contributed by atoms with van der Waals surface area (Å²) >= 11 is 0. The van der Waals surface area contributed by atoms with Crippen molar-refractivity contribution in [3.63, 3.8) is 0 Å². The molecular formula is C10H19N3O. The predicted molar refractivity (Wildman–Crippen MR) is 55.2 cm³/mol. The lowest BCUT2D eigenvalue weighted by Crippen LogP contribution is -2.61. The molecule has 14 heavy (non-hydrogen) atoms. The van der Waals surface area contributed by atoms with Gasteiger partial charge in [-0.3, -0.25) is 0 Å². The van der Waals surface area contributed by atoms with Crippen LogP contribution in [-0.2, 0) is 0 Å². The van der Waals surface area contributed by atoms with Gasteiger partial charge < -0.3 is 15.5 Å². The Bertz CT molecular complexity index is 211. The number of hydrogen-bond donors (Lipinski definition) is 2. The Hall–Kier alpha value is -0.770. The number of carbonyl (C=O) groups excluding carboxylic acids is 1. The maximum Gasteiger partial charge on any atom is 0.317 e. The highest BCUT2D eigenvalue weighted by molar-refractivity contribution is 5.75. The lowest BCUT2D eigenvalue weighted by molar-refractivity contribution is 0.149. The molecule has 1 aliphatic heterocycles. The van der Waals surface area contributed by atoms with Crippen molar-refractivity contribution in [2.75, 3.05) is 19.6 Å². The second kappa shape index (κ2) is 4.17. The van der Waals surface area contributed by atoms with Gasteiger partial charge in [-0.2, -0.15) is 0 Å². The molecule has 0 aromatic heterocycles. The van der Waals surface area contributed by atoms with Crippen LogP contribution in [-0.4, -0.2) is 42.6 Å². The lowest BCUT2D eigenvalue weighted by atomic mass is 10.1. The standard InChI is InChI=1S/C10H19N3O/c1-2-5-13(9-6-11-7-9)10(14)12-8-3-4-8/h8-9,11H,2-7H2,1H3,(H,12,14). The minimum atomic E-state index is 0.140. The van der Waals surface area contributed by atoms with Gasteiger partial charge >= 0.3 is 6.03 Å². The number of nitrogens with one attached hydrogen (secondary N) is 2. The SMILES string of the molecule is CCCN(C(=O)NC1CC1)C1CNC1. The van der Waals surface area contributed by atoms with Crippen LogP contribution in [0.25, 0.3) is 0 Å². The third kappa shape index (κ3) is 2.18. The smallest absolute Gasteiger partial charge is 0.317 e. The fraction of sp³-hybridized carbons (Fsp3) is 0.900. The topological polar surface area (TPSA) is 44.4 Å². The van der Waals surface area contributed by atoms with E-state index in [0.717, 1.165) is 38.9 Å². The Kier molecular flexibility index (Phi) is 2.91. The van der Waals surface area contributed by atoms with Crippen LogP contribution >= 0.6 is 0 Å². The van der Waals surface area contributed by atoms with Gasteiger partial charge in [-0.05, 0) is 19.3 Å². The molecule has 1 saturated heterocycles. The summed E-state index contributed by atoms with van der Waals surface area (Å²) < 4.78 is 0. The Morgan fingerprint density at radius 3 is 2.64 bits per heavy atom. The van der Waals surface area contributed by atoms with E-state index in [4.69, 9.17) is 0 Å². The van der Waals surface area contributed by atoms with Crippen molar-refractivity contribution in [2.24, 2.45) is 0 Å². The van der Waals surface area contributed by atoms with Gasteiger partial charge in [0.05, 0.1) is 6.04 Å². The van der Waals surface area contributed by atoms with Crippen molar-refractivity contribution >= 4 is 6.03 Å². The van der Waals surface area contributed by atoms with Crippen LogP contribution in [0, 0.1) is 0 Å². The summed E-state index contributed by atoms with van der Waals surface area (Å²) in [6.45, 7) is 4.91. The molecule has 80 valence electrons. The van der Waals surface area contributed by atoms with E-state index in [0.29, 0.717) is 12.1 Å². The van der Waals surface area contributed by atoms with E-state index in [1.54, 1.807) is 0 Å². The molecule has 0 atom stereocenters. The molecule has 1 heterocycles. The van der Waals surface area contributed by atoms with Crippen molar-refractivity contribution in [1.29, 1.82) is 0 Å². The summed E-state index contributed by atoms with van der Waals surface area (Å²) in [4.78, 5) is 13.8. The quantitative estimate of drug-likeness (QED) is 0.691. The van der Waals surface area contributed by atoms with Crippen LogP contribution in [0.4, 0.5) is 4.79 Å². The molecular weight excluding hydrogens is 178 g/mol. The molecule has 2 aliphatic rings. The molecule has 4 nitrogen and oxygen atoms in total. The molecule has 0 aromatic carbocycles. The first kappa shape index (κ1) is 9.77. The van der Waals surface area contributed by atoms with Gasteiger partial charge in [0.1, 0.15) is 0 Å². The fourth-order valence-electron chi connectivity index (χ4n) is 1.67. The molecule has 0 aromatic rings. The van der Waals surface area contributed by atoms with Gasteiger partial charge in [-0.1, -0.05) is 6.92 Å². The molecule has 1 saturated carbocycles. The molecule has 1 aliphatic carbocycles. The molecule has 0 spiro atoms. The summed E-state index contributed by atoms with van der Waals surface area (Å²) in [5.41, 5.74) is 0. The third-order valence-electron chi connectivity index (χ3n) is 2.83.